The Morgan fingerprint density at radius 3 is 2.42 bits per heavy atom. The number of oxazole rings is 1. The molecule has 0 spiro atoms. The number of carbonyl (C=O) groups is 1. The van der Waals surface area contributed by atoms with E-state index in [9.17, 15) is 18.0 Å². The van der Waals surface area contributed by atoms with Gasteiger partial charge in [0.25, 0.3) is 0 Å². The Morgan fingerprint density at radius 2 is 1.85 bits per heavy atom. The van der Waals surface area contributed by atoms with Crippen LogP contribution in [-0.2, 0) is 11.3 Å². The molecule has 2 aliphatic rings. The summed E-state index contributed by atoms with van der Waals surface area (Å²) in [6.45, 7) is 6.24. The fraction of sp³-hybridized carbons (Fsp3) is 0.765. The summed E-state index contributed by atoms with van der Waals surface area (Å²) >= 11 is 0. The Bertz CT molecular complexity index is 619. The molecule has 1 atom stereocenters. The van der Waals surface area contributed by atoms with Gasteiger partial charge in [-0.05, 0) is 26.7 Å². The third-order valence-corrected chi connectivity index (χ3v) is 5.15. The van der Waals surface area contributed by atoms with E-state index in [1.165, 1.54) is 0 Å². The highest BCUT2D eigenvalue weighted by atomic mass is 19.4. The van der Waals surface area contributed by atoms with E-state index in [1.807, 2.05) is 18.7 Å². The number of halogens is 3. The monoisotopic (exact) mass is 374 g/mol. The molecule has 2 fully saturated rings. The van der Waals surface area contributed by atoms with Gasteiger partial charge in [0.15, 0.2) is 0 Å². The lowest BCUT2D eigenvalue weighted by Crippen LogP contribution is -2.58. The summed E-state index contributed by atoms with van der Waals surface area (Å²) in [4.78, 5) is 22.0. The SMILES string of the molecule is Cc1nc(CN2CCN(C3CCCN(CC(F)(F)F)C3=O)CC2)oc1C. The van der Waals surface area contributed by atoms with Crippen molar-refractivity contribution in [3.8, 4) is 0 Å². The molecule has 1 unspecified atom stereocenters. The number of amides is 1. The van der Waals surface area contributed by atoms with Gasteiger partial charge in [-0.15, -0.1) is 0 Å². The number of aryl methyl sites for hydroxylation is 2. The summed E-state index contributed by atoms with van der Waals surface area (Å²) in [5.41, 5.74) is 0.885. The molecule has 1 aromatic rings. The van der Waals surface area contributed by atoms with Gasteiger partial charge < -0.3 is 9.32 Å². The van der Waals surface area contributed by atoms with Gasteiger partial charge in [-0.1, -0.05) is 0 Å². The second-order valence-corrected chi connectivity index (χ2v) is 7.09. The van der Waals surface area contributed by atoms with Crippen LogP contribution in [0, 0.1) is 13.8 Å². The molecule has 9 heteroatoms. The average Bonchev–Trinajstić information content (AvgIpc) is 2.87. The van der Waals surface area contributed by atoms with Crippen LogP contribution in [0.5, 0.6) is 0 Å². The highest BCUT2D eigenvalue weighted by Crippen LogP contribution is 2.24. The summed E-state index contributed by atoms with van der Waals surface area (Å²) < 4.78 is 43.5. The molecular formula is C17H25F3N4O2. The highest BCUT2D eigenvalue weighted by Gasteiger charge is 2.39. The summed E-state index contributed by atoms with van der Waals surface area (Å²) in [5.74, 6) is 1.11. The smallest absolute Gasteiger partial charge is 0.406 e. The van der Waals surface area contributed by atoms with E-state index in [4.69, 9.17) is 4.42 Å². The number of rotatable bonds is 4. The van der Waals surface area contributed by atoms with Crippen LogP contribution in [0.1, 0.15) is 30.2 Å². The number of aromatic nitrogens is 1. The molecule has 2 saturated heterocycles. The minimum atomic E-state index is -4.34. The van der Waals surface area contributed by atoms with Gasteiger partial charge in [0, 0.05) is 32.7 Å². The van der Waals surface area contributed by atoms with Gasteiger partial charge in [0.2, 0.25) is 11.8 Å². The number of piperazine rings is 1. The molecule has 6 nitrogen and oxygen atoms in total. The predicted octanol–water partition coefficient (Wildman–Crippen LogP) is 1.96. The molecule has 0 radical (unpaired) electrons. The zero-order chi connectivity index (χ0) is 18.9. The first-order chi connectivity index (χ1) is 12.2. The number of likely N-dealkylation sites (tertiary alicyclic amines) is 1. The number of alkyl halides is 3. The fourth-order valence-electron chi connectivity index (χ4n) is 3.66. The fourth-order valence-corrected chi connectivity index (χ4v) is 3.66. The largest absolute Gasteiger partial charge is 0.444 e. The molecule has 2 aliphatic heterocycles. The Kier molecular flexibility index (Phi) is 5.57. The van der Waals surface area contributed by atoms with Crippen LogP contribution in [0.15, 0.2) is 4.42 Å². The lowest BCUT2D eigenvalue weighted by molar-refractivity contribution is -0.168. The van der Waals surface area contributed by atoms with Crippen molar-refractivity contribution in [1.82, 2.24) is 19.7 Å². The van der Waals surface area contributed by atoms with Crippen LogP contribution in [0.2, 0.25) is 0 Å². The van der Waals surface area contributed by atoms with E-state index in [2.05, 4.69) is 9.88 Å². The number of hydrogen-bond donors (Lipinski definition) is 0. The number of carbonyl (C=O) groups excluding carboxylic acids is 1. The van der Waals surface area contributed by atoms with E-state index in [0.717, 1.165) is 29.4 Å². The van der Waals surface area contributed by atoms with E-state index >= 15 is 0 Å². The summed E-state index contributed by atoms with van der Waals surface area (Å²) in [6.07, 6.45) is -3.10. The molecule has 0 bridgehead atoms. The van der Waals surface area contributed by atoms with Gasteiger partial charge in [0.1, 0.15) is 12.3 Å². The molecule has 3 rings (SSSR count). The zero-order valence-corrected chi connectivity index (χ0v) is 15.2. The predicted molar refractivity (Wildman–Crippen MR) is 88.5 cm³/mol. The van der Waals surface area contributed by atoms with Gasteiger partial charge in [-0.2, -0.15) is 13.2 Å². The van der Waals surface area contributed by atoms with Gasteiger partial charge in [0.05, 0.1) is 18.3 Å². The lowest BCUT2D eigenvalue weighted by Gasteiger charge is -2.42. The summed E-state index contributed by atoms with van der Waals surface area (Å²) in [7, 11) is 0. The van der Waals surface area contributed by atoms with Crippen molar-refractivity contribution in [1.29, 1.82) is 0 Å². The van der Waals surface area contributed by atoms with Crippen LogP contribution in [0.4, 0.5) is 13.2 Å². The number of hydrogen-bond acceptors (Lipinski definition) is 5. The standard InChI is InChI=1S/C17H25F3N4O2/c1-12-13(2)26-15(21-12)10-22-6-8-23(9-7-22)14-4-3-5-24(16(14)25)11-17(18,19)20/h14H,3-11H2,1-2H3. The van der Waals surface area contributed by atoms with Crippen molar-refractivity contribution in [2.24, 2.45) is 0 Å². The first-order valence-corrected chi connectivity index (χ1v) is 8.98. The minimum absolute atomic E-state index is 0.192. The zero-order valence-electron chi connectivity index (χ0n) is 15.2. The van der Waals surface area contributed by atoms with Crippen LogP contribution in [0.3, 0.4) is 0 Å². The van der Waals surface area contributed by atoms with Gasteiger partial charge in [-0.3, -0.25) is 14.6 Å². The second kappa shape index (κ2) is 7.56. The Labute approximate surface area is 150 Å². The molecule has 1 aromatic heterocycles. The Morgan fingerprint density at radius 1 is 1.15 bits per heavy atom. The maximum Gasteiger partial charge on any atom is 0.406 e. The third-order valence-electron chi connectivity index (χ3n) is 5.15. The Hall–Kier alpha value is -1.61. The summed E-state index contributed by atoms with van der Waals surface area (Å²) in [6, 6.07) is -0.431. The molecule has 1 amide bonds. The average molecular weight is 374 g/mol. The van der Waals surface area contributed by atoms with Crippen molar-refractivity contribution in [2.45, 2.75) is 45.5 Å². The molecule has 26 heavy (non-hydrogen) atoms. The van der Waals surface area contributed by atoms with Crippen LogP contribution >= 0.6 is 0 Å². The maximum absolute atomic E-state index is 12.6. The molecule has 0 aliphatic carbocycles. The van der Waals surface area contributed by atoms with Crippen molar-refractivity contribution in [3.63, 3.8) is 0 Å². The number of piperidine rings is 1. The van der Waals surface area contributed by atoms with Crippen molar-refractivity contribution >= 4 is 5.91 Å². The van der Waals surface area contributed by atoms with Crippen molar-refractivity contribution in [2.75, 3.05) is 39.3 Å². The highest BCUT2D eigenvalue weighted by molar-refractivity contribution is 5.82. The quantitative estimate of drug-likeness (QED) is 0.807. The van der Waals surface area contributed by atoms with Crippen molar-refractivity contribution < 1.29 is 22.4 Å². The van der Waals surface area contributed by atoms with Crippen LogP contribution in [0.25, 0.3) is 0 Å². The molecule has 0 N–H and O–H groups in total. The van der Waals surface area contributed by atoms with Crippen molar-refractivity contribution in [3.05, 3.63) is 17.3 Å². The molecule has 146 valence electrons. The van der Waals surface area contributed by atoms with Crippen LogP contribution in [-0.4, -0.2) is 77.1 Å². The van der Waals surface area contributed by atoms with E-state index in [0.29, 0.717) is 38.4 Å². The number of nitrogens with zero attached hydrogens (tertiary/aromatic N) is 4. The minimum Gasteiger partial charge on any atom is -0.444 e. The maximum atomic E-state index is 12.6. The van der Waals surface area contributed by atoms with E-state index < -0.39 is 18.8 Å². The normalized spacial score (nSPS) is 23.7. The first-order valence-electron chi connectivity index (χ1n) is 8.98. The second-order valence-electron chi connectivity index (χ2n) is 7.09. The third kappa shape index (κ3) is 4.56. The van der Waals surface area contributed by atoms with Crippen LogP contribution < -0.4 is 0 Å². The van der Waals surface area contributed by atoms with Gasteiger partial charge >= 0.3 is 6.18 Å². The lowest BCUT2D eigenvalue weighted by atomic mass is 10.0. The molecule has 0 aromatic carbocycles. The molecule has 0 saturated carbocycles. The van der Waals surface area contributed by atoms with Gasteiger partial charge in [-0.25, -0.2) is 4.98 Å². The Balaban J connectivity index is 1.53. The molecular weight excluding hydrogens is 349 g/mol. The topological polar surface area (TPSA) is 52.8 Å². The summed E-state index contributed by atoms with van der Waals surface area (Å²) in [5, 5.41) is 0. The molecule has 3 heterocycles. The van der Waals surface area contributed by atoms with E-state index in [1.54, 1.807) is 0 Å². The first kappa shape index (κ1) is 19.2. The van der Waals surface area contributed by atoms with E-state index in [-0.39, 0.29) is 12.5 Å².